The molecule has 28 heavy (non-hydrogen) atoms. The molecule has 0 bridgehead atoms. The molecule has 146 valence electrons. The van der Waals surface area contributed by atoms with Gasteiger partial charge in [-0.25, -0.2) is 12.8 Å². The van der Waals surface area contributed by atoms with Gasteiger partial charge in [-0.3, -0.25) is 4.79 Å². The third-order valence-electron chi connectivity index (χ3n) is 3.53. The molecule has 0 radical (unpaired) electrons. The molecule has 0 spiro atoms. The van der Waals surface area contributed by atoms with E-state index in [1.54, 1.807) is 24.3 Å². The number of carbonyl (C=O) groups excluding carboxylic acids is 1. The standard InChI is InChI=1S/C18H16FN3O5S/c19-14-8-6-13(7-9-14)12-28(24,25)18-22-21-17(27-18)10-20-16(23)11-26-15-4-2-1-3-5-15/h1-9H,10-12H2,(H,20,23). The summed E-state index contributed by atoms with van der Waals surface area (Å²) in [6.45, 7) is -0.357. The van der Waals surface area contributed by atoms with Crippen LogP contribution in [0.3, 0.4) is 0 Å². The number of nitrogens with zero attached hydrogens (tertiary/aromatic N) is 2. The minimum Gasteiger partial charge on any atom is -0.484 e. The SMILES string of the molecule is O=C(COc1ccccc1)NCc1nnc(S(=O)(=O)Cc2ccc(F)cc2)o1. The van der Waals surface area contributed by atoms with Gasteiger partial charge < -0.3 is 14.5 Å². The molecule has 1 amide bonds. The summed E-state index contributed by atoms with van der Waals surface area (Å²) < 4.78 is 47.9. The molecular weight excluding hydrogens is 389 g/mol. The molecule has 0 fully saturated rings. The average molecular weight is 405 g/mol. The molecule has 8 nitrogen and oxygen atoms in total. The highest BCUT2D eigenvalue weighted by molar-refractivity contribution is 7.90. The summed E-state index contributed by atoms with van der Waals surface area (Å²) in [5, 5.41) is 9.05. The highest BCUT2D eigenvalue weighted by atomic mass is 32.2. The lowest BCUT2D eigenvalue weighted by molar-refractivity contribution is -0.123. The minimum absolute atomic E-state index is 0.0641. The Morgan fingerprint density at radius 2 is 1.79 bits per heavy atom. The molecule has 1 N–H and O–H groups in total. The zero-order valence-corrected chi connectivity index (χ0v) is 15.4. The second kappa shape index (κ2) is 8.61. The van der Waals surface area contributed by atoms with Crippen LogP contribution in [0.1, 0.15) is 11.5 Å². The van der Waals surface area contributed by atoms with Crippen LogP contribution in [0, 0.1) is 5.82 Å². The number of hydrogen-bond donors (Lipinski definition) is 1. The van der Waals surface area contributed by atoms with Crippen LogP contribution in [-0.2, 0) is 26.9 Å². The van der Waals surface area contributed by atoms with E-state index in [4.69, 9.17) is 9.15 Å². The third-order valence-corrected chi connectivity index (χ3v) is 4.94. The molecule has 0 atom stereocenters. The summed E-state index contributed by atoms with van der Waals surface area (Å²) in [6.07, 6.45) is 0. The number of ether oxygens (including phenoxy) is 1. The maximum absolute atomic E-state index is 12.9. The van der Waals surface area contributed by atoms with Crippen LogP contribution in [0.2, 0.25) is 0 Å². The van der Waals surface area contributed by atoms with E-state index in [9.17, 15) is 17.6 Å². The number of sulfone groups is 1. The lowest BCUT2D eigenvalue weighted by atomic mass is 10.2. The monoisotopic (exact) mass is 405 g/mol. The fourth-order valence-corrected chi connectivity index (χ4v) is 3.33. The number of rotatable bonds is 8. The molecule has 3 rings (SSSR count). The number of benzene rings is 2. The van der Waals surface area contributed by atoms with Crippen molar-refractivity contribution in [2.24, 2.45) is 0 Å². The number of aromatic nitrogens is 2. The molecule has 0 unspecified atom stereocenters. The van der Waals surface area contributed by atoms with Gasteiger partial charge in [0, 0.05) is 0 Å². The Bertz CT molecular complexity index is 1040. The Balaban J connectivity index is 1.53. The fraction of sp³-hybridized carbons (Fsp3) is 0.167. The summed E-state index contributed by atoms with van der Waals surface area (Å²) >= 11 is 0. The van der Waals surface area contributed by atoms with Gasteiger partial charge in [-0.05, 0) is 29.8 Å². The van der Waals surface area contributed by atoms with Gasteiger partial charge in [0.1, 0.15) is 11.6 Å². The highest BCUT2D eigenvalue weighted by Gasteiger charge is 2.23. The van der Waals surface area contributed by atoms with Crippen molar-refractivity contribution < 1.29 is 26.8 Å². The molecule has 3 aromatic rings. The smallest absolute Gasteiger partial charge is 0.335 e. The van der Waals surface area contributed by atoms with Crippen LogP contribution in [0.4, 0.5) is 4.39 Å². The molecule has 1 aromatic heterocycles. The Morgan fingerprint density at radius 1 is 1.07 bits per heavy atom. The molecule has 1 heterocycles. The zero-order valence-electron chi connectivity index (χ0n) is 14.5. The summed E-state index contributed by atoms with van der Waals surface area (Å²) in [4.78, 5) is 11.8. The number of nitrogens with one attached hydrogen (secondary N) is 1. The lowest BCUT2D eigenvalue weighted by Gasteiger charge is -2.05. The van der Waals surface area contributed by atoms with Gasteiger partial charge in [0.05, 0.1) is 12.3 Å². The zero-order chi connectivity index (χ0) is 20.0. The van der Waals surface area contributed by atoms with E-state index >= 15 is 0 Å². The van der Waals surface area contributed by atoms with E-state index in [1.165, 1.54) is 12.1 Å². The molecule has 0 aliphatic carbocycles. The highest BCUT2D eigenvalue weighted by Crippen LogP contribution is 2.16. The van der Waals surface area contributed by atoms with E-state index in [-0.39, 0.29) is 19.0 Å². The van der Waals surface area contributed by atoms with Crippen molar-refractivity contribution in [3.8, 4) is 5.75 Å². The van der Waals surface area contributed by atoms with Crippen molar-refractivity contribution in [1.29, 1.82) is 0 Å². The first-order valence-electron chi connectivity index (χ1n) is 8.16. The summed E-state index contributed by atoms with van der Waals surface area (Å²) in [7, 11) is -3.89. The maximum Gasteiger partial charge on any atom is 0.335 e. The predicted molar refractivity (Wildman–Crippen MR) is 95.4 cm³/mol. The largest absolute Gasteiger partial charge is 0.484 e. The second-order valence-electron chi connectivity index (χ2n) is 5.73. The summed E-state index contributed by atoms with van der Waals surface area (Å²) in [5.74, 6) is -0.826. The van der Waals surface area contributed by atoms with Gasteiger partial charge in [0.2, 0.25) is 15.7 Å². The number of amides is 1. The number of para-hydroxylation sites is 1. The van der Waals surface area contributed by atoms with Crippen molar-refractivity contribution in [3.63, 3.8) is 0 Å². The van der Waals surface area contributed by atoms with Crippen LogP contribution in [-0.4, -0.2) is 31.1 Å². The molecular formula is C18H16FN3O5S. The Kier molecular flexibility index (Phi) is 5.99. The van der Waals surface area contributed by atoms with Crippen LogP contribution in [0.25, 0.3) is 0 Å². The third kappa shape index (κ3) is 5.36. The molecule has 0 saturated heterocycles. The van der Waals surface area contributed by atoms with E-state index in [1.807, 2.05) is 6.07 Å². The summed E-state index contributed by atoms with van der Waals surface area (Å²) in [5.41, 5.74) is 0.382. The molecule has 2 aromatic carbocycles. The first kappa shape index (κ1) is 19.5. The Labute approximate surface area is 160 Å². The first-order valence-corrected chi connectivity index (χ1v) is 9.82. The van der Waals surface area contributed by atoms with Crippen LogP contribution < -0.4 is 10.1 Å². The van der Waals surface area contributed by atoms with Gasteiger partial charge in [-0.1, -0.05) is 35.4 Å². The normalized spacial score (nSPS) is 11.2. The Morgan fingerprint density at radius 3 is 2.50 bits per heavy atom. The fourth-order valence-electron chi connectivity index (χ4n) is 2.19. The number of carbonyl (C=O) groups is 1. The van der Waals surface area contributed by atoms with Crippen molar-refractivity contribution in [1.82, 2.24) is 15.5 Å². The molecule has 0 aliphatic heterocycles. The lowest BCUT2D eigenvalue weighted by Crippen LogP contribution is -2.28. The second-order valence-corrected chi connectivity index (χ2v) is 7.59. The average Bonchev–Trinajstić information content (AvgIpc) is 3.17. The summed E-state index contributed by atoms with van der Waals surface area (Å²) in [6, 6.07) is 13.8. The van der Waals surface area contributed by atoms with E-state index in [2.05, 4.69) is 15.5 Å². The van der Waals surface area contributed by atoms with Crippen LogP contribution >= 0.6 is 0 Å². The van der Waals surface area contributed by atoms with Crippen LogP contribution in [0.15, 0.2) is 64.2 Å². The molecule has 0 aliphatic rings. The predicted octanol–water partition coefficient (Wildman–Crippen LogP) is 1.88. The quantitative estimate of drug-likeness (QED) is 0.609. The van der Waals surface area contributed by atoms with Crippen molar-refractivity contribution in [3.05, 3.63) is 71.9 Å². The molecule has 10 heteroatoms. The van der Waals surface area contributed by atoms with Crippen molar-refractivity contribution in [2.75, 3.05) is 6.61 Å². The first-order chi connectivity index (χ1) is 13.4. The number of hydrogen-bond acceptors (Lipinski definition) is 7. The van der Waals surface area contributed by atoms with Gasteiger partial charge in [-0.15, -0.1) is 5.10 Å². The molecule has 0 saturated carbocycles. The topological polar surface area (TPSA) is 111 Å². The minimum atomic E-state index is -3.89. The van der Waals surface area contributed by atoms with Gasteiger partial charge in [0.15, 0.2) is 6.61 Å². The maximum atomic E-state index is 12.9. The van der Waals surface area contributed by atoms with Crippen LogP contribution in [0.5, 0.6) is 5.75 Å². The number of halogens is 1. The van der Waals surface area contributed by atoms with E-state index in [0.29, 0.717) is 11.3 Å². The Hall–Kier alpha value is -3.27. The van der Waals surface area contributed by atoms with Crippen molar-refractivity contribution >= 4 is 15.7 Å². The van der Waals surface area contributed by atoms with Gasteiger partial charge in [-0.2, -0.15) is 0 Å². The van der Waals surface area contributed by atoms with Gasteiger partial charge >= 0.3 is 5.22 Å². The van der Waals surface area contributed by atoms with Gasteiger partial charge in [0.25, 0.3) is 5.91 Å². The van der Waals surface area contributed by atoms with E-state index < -0.39 is 32.5 Å². The van der Waals surface area contributed by atoms with E-state index in [0.717, 1.165) is 12.1 Å². The van der Waals surface area contributed by atoms with Crippen molar-refractivity contribution in [2.45, 2.75) is 17.5 Å².